The van der Waals surface area contributed by atoms with E-state index in [0.29, 0.717) is 26.2 Å². The van der Waals surface area contributed by atoms with Crippen LogP contribution in [0.3, 0.4) is 0 Å². The first-order valence-corrected chi connectivity index (χ1v) is 14.5. The van der Waals surface area contributed by atoms with Crippen molar-refractivity contribution in [3.05, 3.63) is 95.6 Å². The second-order valence-electron chi connectivity index (χ2n) is 12.1. The Kier molecular flexibility index (Phi) is 10.4. The Bertz CT molecular complexity index is 1350. The van der Waals surface area contributed by atoms with Crippen molar-refractivity contribution in [1.29, 1.82) is 0 Å². The van der Waals surface area contributed by atoms with E-state index in [-0.39, 0.29) is 30.5 Å². The van der Waals surface area contributed by atoms with Crippen LogP contribution in [0.1, 0.15) is 57.1 Å². The van der Waals surface area contributed by atoms with Crippen molar-refractivity contribution >= 4 is 16.8 Å². The van der Waals surface area contributed by atoms with Gasteiger partial charge >= 0.3 is 0 Å². The predicted octanol–water partition coefficient (Wildman–Crippen LogP) is 5.92. The van der Waals surface area contributed by atoms with Crippen molar-refractivity contribution in [2.24, 2.45) is 0 Å². The molecule has 0 spiro atoms. The molecule has 2 N–H and O–H groups in total. The van der Waals surface area contributed by atoms with Crippen LogP contribution in [0, 0.1) is 0 Å². The lowest BCUT2D eigenvalue weighted by Gasteiger charge is -2.31. The molecule has 0 aliphatic carbocycles. The first-order chi connectivity index (χ1) is 19.6. The van der Waals surface area contributed by atoms with Crippen molar-refractivity contribution < 1.29 is 19.1 Å². The maximum Gasteiger partial charge on any atom is 0.237 e. The first kappa shape index (κ1) is 30.6. The van der Waals surface area contributed by atoms with Crippen molar-refractivity contribution in [3.63, 3.8) is 0 Å². The number of nitrogens with zero attached hydrogens (tertiary/aromatic N) is 2. The molecule has 0 aliphatic rings. The number of ether oxygens (including phenoxy) is 1. The van der Waals surface area contributed by atoms with Crippen LogP contribution in [-0.4, -0.2) is 64.2 Å². The molecule has 7 nitrogen and oxygen atoms in total. The number of nitrogens with one attached hydrogen (secondary N) is 1. The zero-order valence-corrected chi connectivity index (χ0v) is 25.1. The summed E-state index contributed by atoms with van der Waals surface area (Å²) >= 11 is 0. The fourth-order valence-corrected chi connectivity index (χ4v) is 4.96. The van der Waals surface area contributed by atoms with Gasteiger partial charge in [0.15, 0.2) is 0 Å². The zero-order chi connectivity index (χ0) is 29.4. The smallest absolute Gasteiger partial charge is 0.237 e. The Morgan fingerprint density at radius 2 is 1.80 bits per heavy atom. The third-order valence-electron chi connectivity index (χ3n) is 7.52. The number of para-hydroxylation sites is 1. The number of carbonyl (C=O) groups is 1. The van der Waals surface area contributed by atoms with E-state index in [1.807, 2.05) is 54.1 Å². The van der Waals surface area contributed by atoms with Gasteiger partial charge < -0.3 is 24.1 Å². The van der Waals surface area contributed by atoms with Gasteiger partial charge in [0.2, 0.25) is 5.91 Å². The molecule has 1 unspecified atom stereocenters. The van der Waals surface area contributed by atoms with Crippen LogP contribution in [0.5, 0.6) is 0 Å². The molecule has 1 amide bonds. The van der Waals surface area contributed by atoms with Crippen LogP contribution in [0.4, 0.5) is 0 Å². The third-order valence-corrected chi connectivity index (χ3v) is 7.52. The number of benzene rings is 2. The molecule has 0 aliphatic heterocycles. The van der Waals surface area contributed by atoms with Gasteiger partial charge in [0.1, 0.15) is 12.4 Å². The van der Waals surface area contributed by atoms with Gasteiger partial charge in [0, 0.05) is 42.8 Å². The lowest BCUT2D eigenvalue weighted by Crippen LogP contribution is -2.46. The summed E-state index contributed by atoms with van der Waals surface area (Å²) in [6.07, 6.45) is 3.68. The molecule has 0 bridgehead atoms. The molecule has 220 valence electrons. The van der Waals surface area contributed by atoms with Crippen LogP contribution in [0.2, 0.25) is 0 Å². The number of fused-ring (bicyclic) bond motifs is 1. The number of aromatic amines is 1. The van der Waals surface area contributed by atoms with E-state index in [2.05, 4.69) is 62.2 Å². The van der Waals surface area contributed by atoms with Crippen molar-refractivity contribution in [2.75, 3.05) is 26.2 Å². The summed E-state index contributed by atoms with van der Waals surface area (Å²) in [5, 5.41) is 11.9. The summed E-state index contributed by atoms with van der Waals surface area (Å²) in [5.41, 5.74) is 4.75. The highest BCUT2D eigenvalue weighted by Crippen LogP contribution is 2.23. The number of H-pyrrole nitrogens is 1. The van der Waals surface area contributed by atoms with E-state index in [1.54, 1.807) is 6.26 Å². The maximum atomic E-state index is 13.8. The summed E-state index contributed by atoms with van der Waals surface area (Å²) < 4.78 is 10.9. The van der Waals surface area contributed by atoms with E-state index < -0.39 is 6.10 Å². The van der Waals surface area contributed by atoms with E-state index in [4.69, 9.17) is 9.15 Å². The number of aromatic nitrogens is 1. The number of hydrogen-bond acceptors (Lipinski definition) is 5. The highest BCUT2D eigenvalue weighted by atomic mass is 16.5. The summed E-state index contributed by atoms with van der Waals surface area (Å²) in [7, 11) is 0. The molecule has 2 aromatic heterocycles. The normalized spacial score (nSPS) is 12.9. The van der Waals surface area contributed by atoms with Crippen LogP contribution in [0.15, 0.2) is 77.5 Å². The molecule has 41 heavy (non-hydrogen) atoms. The number of amides is 1. The monoisotopic (exact) mass is 559 g/mol. The van der Waals surface area contributed by atoms with Crippen LogP contribution >= 0.6 is 0 Å². The molecule has 0 saturated heterocycles. The molecular weight excluding hydrogens is 514 g/mol. The molecule has 2 heterocycles. The second-order valence-corrected chi connectivity index (χ2v) is 12.1. The molecule has 0 saturated carbocycles. The lowest BCUT2D eigenvalue weighted by molar-refractivity contribution is -0.134. The van der Waals surface area contributed by atoms with Crippen LogP contribution in [0.25, 0.3) is 10.9 Å². The van der Waals surface area contributed by atoms with Gasteiger partial charge in [0.05, 0.1) is 25.5 Å². The molecular formula is C34H45N3O4. The van der Waals surface area contributed by atoms with E-state index in [1.165, 1.54) is 16.5 Å². The fraction of sp³-hybridized carbons (Fsp3) is 0.441. The van der Waals surface area contributed by atoms with Gasteiger partial charge in [-0.1, -0.05) is 63.2 Å². The first-order valence-electron chi connectivity index (χ1n) is 14.5. The van der Waals surface area contributed by atoms with Crippen molar-refractivity contribution in [1.82, 2.24) is 14.8 Å². The third kappa shape index (κ3) is 8.80. The minimum atomic E-state index is -0.718. The molecule has 7 heteroatoms. The summed E-state index contributed by atoms with van der Waals surface area (Å²) in [4.78, 5) is 21.1. The Morgan fingerprint density at radius 1 is 1.05 bits per heavy atom. The minimum Gasteiger partial charge on any atom is -0.467 e. The number of rotatable bonds is 14. The molecule has 2 aromatic carbocycles. The van der Waals surface area contributed by atoms with Crippen molar-refractivity contribution in [2.45, 2.75) is 71.8 Å². The summed E-state index contributed by atoms with van der Waals surface area (Å²) in [6, 6.07) is 20.6. The summed E-state index contributed by atoms with van der Waals surface area (Å²) in [5.74, 6) is 0.761. The molecule has 0 radical (unpaired) electrons. The Hall–Kier alpha value is -3.39. The van der Waals surface area contributed by atoms with Gasteiger partial charge in [0.25, 0.3) is 0 Å². The van der Waals surface area contributed by atoms with E-state index in [9.17, 15) is 9.90 Å². The SMILES string of the molecule is CC(C)N(CC(=O)N(CCc1c[nH]c2ccccc12)Cc1ccc(C(C)(C)C)cc1)CC(O)COCc1ccco1. The fourth-order valence-electron chi connectivity index (χ4n) is 4.96. The van der Waals surface area contributed by atoms with Gasteiger partial charge in [-0.25, -0.2) is 0 Å². The second kappa shape index (κ2) is 14.0. The Balaban J connectivity index is 1.43. The zero-order valence-electron chi connectivity index (χ0n) is 25.1. The van der Waals surface area contributed by atoms with Gasteiger partial charge in [-0.2, -0.15) is 0 Å². The Morgan fingerprint density at radius 3 is 2.49 bits per heavy atom. The minimum absolute atomic E-state index is 0.0437. The predicted molar refractivity (Wildman–Crippen MR) is 164 cm³/mol. The average molecular weight is 560 g/mol. The van der Waals surface area contributed by atoms with Gasteiger partial charge in [-0.05, 0) is 60.6 Å². The number of hydrogen-bond donors (Lipinski definition) is 2. The van der Waals surface area contributed by atoms with Gasteiger partial charge in [-0.15, -0.1) is 0 Å². The lowest BCUT2D eigenvalue weighted by atomic mass is 9.87. The molecule has 0 fully saturated rings. The Labute approximate surface area is 244 Å². The van der Waals surface area contributed by atoms with E-state index >= 15 is 0 Å². The number of aliphatic hydroxyl groups excluding tert-OH is 1. The highest BCUT2D eigenvalue weighted by molar-refractivity contribution is 5.83. The standard InChI is InChI=1S/C34H45N3O4/c1-25(2)37(21-29(38)23-40-24-30-9-8-18-41-30)22-33(39)36(20-26-12-14-28(15-13-26)34(3,4)5)17-16-27-19-35-32-11-7-6-10-31(27)32/h6-15,18-19,25,29,35,38H,16-17,20-24H2,1-5H3. The quantitative estimate of drug-likeness (QED) is 0.201. The maximum absolute atomic E-state index is 13.8. The molecule has 4 rings (SSSR count). The van der Waals surface area contributed by atoms with Crippen LogP contribution < -0.4 is 0 Å². The number of furan rings is 1. The van der Waals surface area contributed by atoms with Crippen molar-refractivity contribution in [3.8, 4) is 0 Å². The molecule has 1 atom stereocenters. The number of carbonyl (C=O) groups excluding carboxylic acids is 1. The van der Waals surface area contributed by atoms with Crippen LogP contribution in [-0.2, 0) is 34.5 Å². The average Bonchev–Trinajstić information content (AvgIpc) is 3.60. The topological polar surface area (TPSA) is 81.9 Å². The summed E-state index contributed by atoms with van der Waals surface area (Å²) in [6.45, 7) is 12.9. The van der Waals surface area contributed by atoms with E-state index in [0.717, 1.165) is 23.3 Å². The number of aliphatic hydroxyl groups is 1. The molecule has 4 aromatic rings. The largest absolute Gasteiger partial charge is 0.467 e. The van der Waals surface area contributed by atoms with Gasteiger partial charge in [-0.3, -0.25) is 9.69 Å². The highest BCUT2D eigenvalue weighted by Gasteiger charge is 2.23.